The summed E-state index contributed by atoms with van der Waals surface area (Å²) >= 11 is 2.81. The lowest BCUT2D eigenvalue weighted by Gasteiger charge is -2.27. The number of thiophene rings is 1. The largest absolute Gasteiger partial charge is 0.478 e. The highest BCUT2D eigenvalue weighted by Crippen LogP contribution is 2.29. The van der Waals surface area contributed by atoms with Crippen molar-refractivity contribution < 1.29 is 19.4 Å². The Morgan fingerprint density at radius 2 is 2.00 bits per heavy atom. The maximum atomic E-state index is 13.2. The summed E-state index contributed by atoms with van der Waals surface area (Å²) in [6, 6.07) is 10.4. The van der Waals surface area contributed by atoms with Crippen LogP contribution in [0, 0.1) is 0 Å². The number of anilines is 1. The zero-order chi connectivity index (χ0) is 21.6. The highest BCUT2D eigenvalue weighted by atomic mass is 32.1. The van der Waals surface area contributed by atoms with E-state index in [4.69, 9.17) is 4.74 Å². The van der Waals surface area contributed by atoms with Crippen molar-refractivity contribution >= 4 is 39.7 Å². The van der Waals surface area contributed by atoms with Crippen LogP contribution in [0.2, 0.25) is 0 Å². The second-order valence-electron chi connectivity index (χ2n) is 7.14. The lowest BCUT2D eigenvalue weighted by Crippen LogP contribution is -2.39. The van der Waals surface area contributed by atoms with Crippen molar-refractivity contribution in [3.8, 4) is 11.3 Å². The molecule has 1 fully saturated rings. The zero-order valence-electron chi connectivity index (χ0n) is 16.9. The number of carboxylic acid groups (broad SMARTS) is 1. The number of carboxylic acids is 1. The highest BCUT2D eigenvalue weighted by Gasteiger charge is 2.22. The summed E-state index contributed by atoms with van der Waals surface area (Å²) in [4.78, 5) is 33.9. The predicted octanol–water partition coefficient (Wildman–Crippen LogP) is 3.94. The van der Waals surface area contributed by atoms with Gasteiger partial charge in [-0.3, -0.25) is 14.6 Å². The van der Waals surface area contributed by atoms with Gasteiger partial charge in [0.2, 0.25) is 0 Å². The molecule has 1 amide bonds. The molecule has 1 N–H and O–H groups in total. The zero-order valence-corrected chi connectivity index (χ0v) is 18.5. The summed E-state index contributed by atoms with van der Waals surface area (Å²) in [5, 5.41) is 13.6. The van der Waals surface area contributed by atoms with Gasteiger partial charge < -0.3 is 9.84 Å². The number of rotatable bonds is 8. The van der Waals surface area contributed by atoms with Crippen LogP contribution >= 0.6 is 22.7 Å². The van der Waals surface area contributed by atoms with E-state index in [0.717, 1.165) is 44.8 Å². The molecule has 0 atom stereocenters. The van der Waals surface area contributed by atoms with Crippen LogP contribution in [0.5, 0.6) is 0 Å². The van der Waals surface area contributed by atoms with Crippen LogP contribution in [0.15, 0.2) is 47.2 Å². The average Bonchev–Trinajstić information content (AvgIpc) is 3.50. The van der Waals surface area contributed by atoms with Crippen LogP contribution in [0.25, 0.3) is 11.3 Å². The van der Waals surface area contributed by atoms with E-state index >= 15 is 0 Å². The summed E-state index contributed by atoms with van der Waals surface area (Å²) in [7, 11) is 0. The molecule has 0 aliphatic carbocycles. The summed E-state index contributed by atoms with van der Waals surface area (Å²) in [5.74, 6) is -1.04. The monoisotopic (exact) mass is 457 g/mol. The fourth-order valence-electron chi connectivity index (χ4n) is 3.43. The van der Waals surface area contributed by atoms with Gasteiger partial charge in [0, 0.05) is 37.1 Å². The Kier molecular flexibility index (Phi) is 7.08. The molecule has 9 heteroatoms. The molecule has 2 aromatic heterocycles. The predicted molar refractivity (Wildman–Crippen MR) is 122 cm³/mol. The van der Waals surface area contributed by atoms with Gasteiger partial charge in [-0.1, -0.05) is 18.2 Å². The first-order valence-corrected chi connectivity index (χ1v) is 11.8. The number of ether oxygens (including phenoxy) is 1. The number of nitrogens with zero attached hydrogens (tertiary/aromatic N) is 3. The fourth-order valence-corrected chi connectivity index (χ4v) is 4.96. The number of aromatic nitrogens is 1. The second kappa shape index (κ2) is 10.1. The van der Waals surface area contributed by atoms with Crippen LogP contribution in [0.1, 0.15) is 26.5 Å². The van der Waals surface area contributed by atoms with E-state index in [-0.39, 0.29) is 11.5 Å². The molecule has 1 aliphatic rings. The molecule has 1 aliphatic heterocycles. The normalized spacial score (nSPS) is 14.5. The molecular formula is C22H23N3O4S2. The van der Waals surface area contributed by atoms with E-state index < -0.39 is 5.97 Å². The van der Waals surface area contributed by atoms with Crippen molar-refractivity contribution in [1.82, 2.24) is 9.88 Å². The van der Waals surface area contributed by atoms with Crippen LogP contribution in [-0.4, -0.2) is 66.3 Å². The van der Waals surface area contributed by atoms with Gasteiger partial charge in [-0.2, -0.15) is 0 Å². The topological polar surface area (TPSA) is 83.0 Å². The number of benzene rings is 1. The van der Waals surface area contributed by atoms with E-state index in [9.17, 15) is 14.7 Å². The molecule has 3 heterocycles. The number of carbonyl (C=O) groups excluding carboxylic acids is 1. The molecule has 0 saturated carbocycles. The minimum Gasteiger partial charge on any atom is -0.478 e. The Bertz CT molecular complexity index is 1030. The van der Waals surface area contributed by atoms with E-state index in [1.807, 2.05) is 29.0 Å². The highest BCUT2D eigenvalue weighted by molar-refractivity contribution is 7.14. The van der Waals surface area contributed by atoms with Gasteiger partial charge in [0.25, 0.3) is 5.91 Å². The Morgan fingerprint density at radius 1 is 1.16 bits per heavy atom. The van der Waals surface area contributed by atoms with Gasteiger partial charge >= 0.3 is 5.97 Å². The number of carbonyl (C=O) groups is 2. The van der Waals surface area contributed by atoms with E-state index in [1.165, 1.54) is 22.7 Å². The van der Waals surface area contributed by atoms with Gasteiger partial charge in [0.15, 0.2) is 5.13 Å². The van der Waals surface area contributed by atoms with Gasteiger partial charge in [-0.05, 0) is 30.0 Å². The van der Waals surface area contributed by atoms with Crippen LogP contribution < -0.4 is 4.90 Å². The van der Waals surface area contributed by atoms with Crippen LogP contribution in [0.4, 0.5) is 5.13 Å². The summed E-state index contributed by atoms with van der Waals surface area (Å²) in [6.07, 6.45) is 0.834. The minimum atomic E-state index is -0.977. The molecule has 3 aromatic rings. The first kappa shape index (κ1) is 21.6. The molecule has 0 radical (unpaired) electrons. The Balaban J connectivity index is 1.53. The van der Waals surface area contributed by atoms with Crippen molar-refractivity contribution in [2.24, 2.45) is 0 Å². The summed E-state index contributed by atoms with van der Waals surface area (Å²) < 4.78 is 5.40. The Morgan fingerprint density at radius 3 is 2.74 bits per heavy atom. The third-order valence-electron chi connectivity index (χ3n) is 5.07. The van der Waals surface area contributed by atoms with Crippen LogP contribution in [0.3, 0.4) is 0 Å². The SMILES string of the molecule is O=C(O)c1cccc(-c2csc(N(CCCN3CCOCC3)C(=O)c3cccs3)n2)c1. The number of thiazole rings is 1. The van der Waals surface area contributed by atoms with E-state index in [0.29, 0.717) is 22.2 Å². The number of hydrogen-bond acceptors (Lipinski definition) is 7. The van der Waals surface area contributed by atoms with Gasteiger partial charge in [0.05, 0.1) is 29.3 Å². The van der Waals surface area contributed by atoms with Gasteiger partial charge in [-0.25, -0.2) is 9.78 Å². The number of amides is 1. The Labute approximate surface area is 188 Å². The van der Waals surface area contributed by atoms with Crippen molar-refractivity contribution in [1.29, 1.82) is 0 Å². The maximum Gasteiger partial charge on any atom is 0.335 e. The summed E-state index contributed by atoms with van der Waals surface area (Å²) in [6.45, 7) is 4.80. The standard InChI is InChI=1S/C22H23N3O4S2/c26-20(19-6-2-13-30-19)25(8-3-7-24-9-11-29-12-10-24)22-23-18(15-31-22)16-4-1-5-17(14-16)21(27)28/h1-2,4-6,13-15H,3,7-12H2,(H,27,28). The maximum absolute atomic E-state index is 13.2. The first-order valence-electron chi connectivity index (χ1n) is 10.1. The molecule has 162 valence electrons. The van der Waals surface area contributed by atoms with Gasteiger partial charge in [0.1, 0.15) is 0 Å². The summed E-state index contributed by atoms with van der Waals surface area (Å²) in [5.41, 5.74) is 1.60. The fraction of sp³-hybridized carbons (Fsp3) is 0.318. The molecule has 0 spiro atoms. The van der Waals surface area contributed by atoms with Crippen molar-refractivity contribution in [2.75, 3.05) is 44.3 Å². The number of morpholine rings is 1. The smallest absolute Gasteiger partial charge is 0.335 e. The molecule has 0 bridgehead atoms. The molecule has 4 rings (SSSR count). The van der Waals surface area contributed by atoms with Gasteiger partial charge in [-0.15, -0.1) is 22.7 Å². The molecule has 0 unspecified atom stereocenters. The van der Waals surface area contributed by atoms with Crippen molar-refractivity contribution in [3.05, 3.63) is 57.6 Å². The molecule has 7 nitrogen and oxygen atoms in total. The quantitative estimate of drug-likeness (QED) is 0.552. The lowest BCUT2D eigenvalue weighted by molar-refractivity contribution is 0.0376. The average molecular weight is 458 g/mol. The van der Waals surface area contributed by atoms with E-state index in [1.54, 1.807) is 23.1 Å². The third kappa shape index (κ3) is 5.37. The van der Waals surface area contributed by atoms with Crippen molar-refractivity contribution in [3.63, 3.8) is 0 Å². The minimum absolute atomic E-state index is 0.0582. The molecular weight excluding hydrogens is 434 g/mol. The number of aromatic carboxylic acids is 1. The van der Waals surface area contributed by atoms with Crippen molar-refractivity contribution in [2.45, 2.75) is 6.42 Å². The number of hydrogen-bond donors (Lipinski definition) is 1. The molecule has 1 saturated heterocycles. The first-order chi connectivity index (χ1) is 15.1. The Hall–Kier alpha value is -2.59. The molecule has 31 heavy (non-hydrogen) atoms. The molecule has 1 aromatic carbocycles. The lowest BCUT2D eigenvalue weighted by atomic mass is 10.1. The third-order valence-corrected chi connectivity index (χ3v) is 6.79. The van der Waals surface area contributed by atoms with E-state index in [2.05, 4.69) is 9.88 Å². The van der Waals surface area contributed by atoms with Crippen LogP contribution in [-0.2, 0) is 4.74 Å². The second-order valence-corrected chi connectivity index (χ2v) is 8.93.